The molecule has 3 heteroatoms. The number of nitrogens with zero attached hydrogens (tertiary/aromatic N) is 2. The van der Waals surface area contributed by atoms with Crippen molar-refractivity contribution in [3.8, 4) is 0 Å². The fourth-order valence-electron chi connectivity index (χ4n) is 2.85. The summed E-state index contributed by atoms with van der Waals surface area (Å²) < 4.78 is 0. The number of rotatable bonds is 4. The van der Waals surface area contributed by atoms with Crippen LogP contribution < -0.4 is 10.6 Å². The minimum Gasteiger partial charge on any atom is -0.371 e. The van der Waals surface area contributed by atoms with E-state index in [1.54, 1.807) is 0 Å². The number of aromatic nitrogens is 1. The van der Waals surface area contributed by atoms with E-state index in [0.29, 0.717) is 12.0 Å². The zero-order valence-electron chi connectivity index (χ0n) is 10.9. The summed E-state index contributed by atoms with van der Waals surface area (Å²) in [7, 11) is 0. The minimum absolute atomic E-state index is 0.509. The molecule has 0 amide bonds. The third-order valence-corrected chi connectivity index (χ3v) is 4.38. The second kappa shape index (κ2) is 5.05. The van der Waals surface area contributed by atoms with Gasteiger partial charge in [-0.15, -0.1) is 0 Å². The first kappa shape index (κ1) is 12.4. The Morgan fingerprint density at radius 1 is 1.41 bits per heavy atom. The maximum Gasteiger partial charge on any atom is 0.0442 e. The number of hydrogen-bond acceptors (Lipinski definition) is 3. The van der Waals surface area contributed by atoms with Gasteiger partial charge in [-0.25, -0.2) is 0 Å². The summed E-state index contributed by atoms with van der Waals surface area (Å²) in [5, 5.41) is 0. The second-order valence-electron chi connectivity index (χ2n) is 5.09. The standard InChI is InChI=1S/C14H23N3/c1-3-14(4-2)6-8-17(11-14)13-5-7-16-10-12(13)9-15/h5,7,10H,3-4,6,8-9,11,15H2,1-2H3. The average molecular weight is 233 g/mol. The molecule has 0 bridgehead atoms. The lowest BCUT2D eigenvalue weighted by Gasteiger charge is -2.28. The third kappa shape index (κ3) is 2.29. The second-order valence-corrected chi connectivity index (χ2v) is 5.09. The molecule has 1 saturated heterocycles. The van der Waals surface area contributed by atoms with Gasteiger partial charge in [0.25, 0.3) is 0 Å². The van der Waals surface area contributed by atoms with Crippen LogP contribution >= 0.6 is 0 Å². The molecule has 0 saturated carbocycles. The van der Waals surface area contributed by atoms with Crippen LogP contribution in [0.1, 0.15) is 38.7 Å². The van der Waals surface area contributed by atoms with Gasteiger partial charge in [-0.3, -0.25) is 4.98 Å². The van der Waals surface area contributed by atoms with Crippen molar-refractivity contribution in [2.24, 2.45) is 11.1 Å². The van der Waals surface area contributed by atoms with Gasteiger partial charge in [0.05, 0.1) is 0 Å². The number of anilines is 1. The molecule has 1 fully saturated rings. The third-order valence-electron chi connectivity index (χ3n) is 4.38. The number of hydrogen-bond donors (Lipinski definition) is 1. The van der Waals surface area contributed by atoms with E-state index in [1.165, 1.54) is 24.9 Å². The van der Waals surface area contributed by atoms with Gasteiger partial charge in [0, 0.05) is 43.3 Å². The van der Waals surface area contributed by atoms with Gasteiger partial charge >= 0.3 is 0 Å². The Balaban J connectivity index is 2.20. The fourth-order valence-corrected chi connectivity index (χ4v) is 2.85. The zero-order chi connectivity index (χ0) is 12.3. The van der Waals surface area contributed by atoms with Crippen LogP contribution in [0.3, 0.4) is 0 Å². The first-order valence-corrected chi connectivity index (χ1v) is 6.62. The predicted molar refractivity (Wildman–Crippen MR) is 72.0 cm³/mol. The Morgan fingerprint density at radius 3 is 2.76 bits per heavy atom. The molecule has 0 aliphatic carbocycles. The molecule has 0 spiro atoms. The Labute approximate surface area is 104 Å². The van der Waals surface area contributed by atoms with Crippen LogP contribution in [0.5, 0.6) is 0 Å². The summed E-state index contributed by atoms with van der Waals surface area (Å²) in [6, 6.07) is 2.10. The number of pyridine rings is 1. The molecule has 1 aliphatic heterocycles. The first-order valence-electron chi connectivity index (χ1n) is 6.62. The van der Waals surface area contributed by atoms with E-state index >= 15 is 0 Å². The summed E-state index contributed by atoms with van der Waals surface area (Å²) in [6.07, 6.45) is 7.60. The predicted octanol–water partition coefficient (Wildman–Crippen LogP) is 2.56. The highest BCUT2D eigenvalue weighted by molar-refractivity contribution is 5.53. The van der Waals surface area contributed by atoms with E-state index < -0.39 is 0 Å². The summed E-state index contributed by atoms with van der Waals surface area (Å²) in [5.74, 6) is 0. The number of nitrogens with two attached hydrogens (primary N) is 1. The highest BCUT2D eigenvalue weighted by Gasteiger charge is 2.35. The van der Waals surface area contributed by atoms with E-state index in [2.05, 4.69) is 29.8 Å². The van der Waals surface area contributed by atoms with E-state index in [9.17, 15) is 0 Å². The summed E-state index contributed by atoms with van der Waals surface area (Å²) in [5.41, 5.74) is 8.74. The van der Waals surface area contributed by atoms with Gasteiger partial charge in [-0.1, -0.05) is 13.8 Å². The lowest BCUT2D eigenvalue weighted by atomic mass is 9.82. The smallest absolute Gasteiger partial charge is 0.0442 e. The lowest BCUT2D eigenvalue weighted by Crippen LogP contribution is -2.27. The molecule has 0 aromatic carbocycles. The molecule has 17 heavy (non-hydrogen) atoms. The molecular formula is C14H23N3. The highest BCUT2D eigenvalue weighted by Crippen LogP contribution is 2.39. The summed E-state index contributed by atoms with van der Waals surface area (Å²) in [6.45, 7) is 7.51. The van der Waals surface area contributed by atoms with Crippen molar-refractivity contribution < 1.29 is 0 Å². The van der Waals surface area contributed by atoms with Crippen molar-refractivity contribution in [2.45, 2.75) is 39.7 Å². The van der Waals surface area contributed by atoms with Crippen molar-refractivity contribution in [1.82, 2.24) is 4.98 Å². The van der Waals surface area contributed by atoms with Gasteiger partial charge < -0.3 is 10.6 Å². The Hall–Kier alpha value is -1.09. The normalized spacial score (nSPS) is 18.6. The molecule has 94 valence electrons. The van der Waals surface area contributed by atoms with E-state index in [1.807, 2.05) is 12.4 Å². The van der Waals surface area contributed by atoms with E-state index in [-0.39, 0.29) is 0 Å². The molecule has 1 aromatic heterocycles. The zero-order valence-corrected chi connectivity index (χ0v) is 10.9. The van der Waals surface area contributed by atoms with Crippen LogP contribution in [0, 0.1) is 5.41 Å². The molecular weight excluding hydrogens is 210 g/mol. The molecule has 2 N–H and O–H groups in total. The van der Waals surface area contributed by atoms with Crippen LogP contribution in [0.25, 0.3) is 0 Å². The van der Waals surface area contributed by atoms with Gasteiger partial charge in [0.2, 0.25) is 0 Å². The quantitative estimate of drug-likeness (QED) is 0.869. The Kier molecular flexibility index (Phi) is 3.67. The Morgan fingerprint density at radius 2 is 2.18 bits per heavy atom. The average Bonchev–Trinajstić information content (AvgIpc) is 2.83. The van der Waals surface area contributed by atoms with Crippen molar-refractivity contribution in [1.29, 1.82) is 0 Å². The maximum atomic E-state index is 5.78. The van der Waals surface area contributed by atoms with Crippen molar-refractivity contribution in [2.75, 3.05) is 18.0 Å². The van der Waals surface area contributed by atoms with Gasteiger partial charge in [0.1, 0.15) is 0 Å². The first-order chi connectivity index (χ1) is 8.24. The summed E-state index contributed by atoms with van der Waals surface area (Å²) >= 11 is 0. The molecule has 1 aliphatic rings. The van der Waals surface area contributed by atoms with Crippen LogP contribution in [0.2, 0.25) is 0 Å². The fraction of sp³-hybridized carbons (Fsp3) is 0.643. The molecule has 2 heterocycles. The van der Waals surface area contributed by atoms with Gasteiger partial charge in [-0.2, -0.15) is 0 Å². The highest BCUT2D eigenvalue weighted by atomic mass is 15.2. The van der Waals surface area contributed by atoms with Crippen molar-refractivity contribution in [3.63, 3.8) is 0 Å². The van der Waals surface area contributed by atoms with Crippen LogP contribution in [0.4, 0.5) is 5.69 Å². The van der Waals surface area contributed by atoms with Crippen molar-refractivity contribution >= 4 is 5.69 Å². The monoisotopic (exact) mass is 233 g/mol. The Bertz CT molecular complexity index is 371. The van der Waals surface area contributed by atoms with E-state index in [0.717, 1.165) is 18.7 Å². The van der Waals surface area contributed by atoms with Crippen LogP contribution in [-0.2, 0) is 6.54 Å². The van der Waals surface area contributed by atoms with Gasteiger partial charge in [0.15, 0.2) is 0 Å². The van der Waals surface area contributed by atoms with Gasteiger partial charge in [-0.05, 0) is 30.7 Å². The molecule has 1 aromatic rings. The minimum atomic E-state index is 0.509. The molecule has 0 unspecified atom stereocenters. The molecule has 3 nitrogen and oxygen atoms in total. The van der Waals surface area contributed by atoms with Crippen LogP contribution in [0.15, 0.2) is 18.5 Å². The van der Waals surface area contributed by atoms with Crippen LogP contribution in [-0.4, -0.2) is 18.1 Å². The lowest BCUT2D eigenvalue weighted by molar-refractivity contribution is 0.301. The largest absolute Gasteiger partial charge is 0.371 e. The maximum absolute atomic E-state index is 5.78. The van der Waals surface area contributed by atoms with Crippen molar-refractivity contribution in [3.05, 3.63) is 24.0 Å². The molecule has 2 rings (SSSR count). The SMILES string of the molecule is CCC1(CC)CCN(c2ccncc2CN)C1. The molecule has 0 radical (unpaired) electrons. The summed E-state index contributed by atoms with van der Waals surface area (Å²) in [4.78, 5) is 6.64. The molecule has 0 atom stereocenters. The topological polar surface area (TPSA) is 42.2 Å². The van der Waals surface area contributed by atoms with E-state index in [4.69, 9.17) is 5.73 Å².